The number of nitrogens with one attached hydrogen (secondary N) is 3. The molecule has 0 radical (unpaired) electrons. The van der Waals surface area contributed by atoms with Gasteiger partial charge < -0.3 is 9.15 Å². The van der Waals surface area contributed by atoms with Gasteiger partial charge in [0.25, 0.3) is 11.8 Å². The van der Waals surface area contributed by atoms with E-state index in [0.717, 1.165) is 0 Å². The lowest BCUT2D eigenvalue weighted by Crippen LogP contribution is -2.41. The monoisotopic (exact) mass is 331 g/mol. The molecule has 24 heavy (non-hydrogen) atoms. The zero-order valence-electron chi connectivity index (χ0n) is 13.2. The molecule has 0 atom stereocenters. The third-order valence-corrected chi connectivity index (χ3v) is 3.06. The Morgan fingerprint density at radius 1 is 1.04 bits per heavy atom. The lowest BCUT2D eigenvalue weighted by atomic mass is 10.2. The van der Waals surface area contributed by atoms with Crippen LogP contribution in [0.2, 0.25) is 0 Å². The largest absolute Gasteiger partial charge is 0.469 e. The number of benzene rings is 1. The van der Waals surface area contributed by atoms with Gasteiger partial charge in [-0.2, -0.15) is 0 Å². The Bertz CT molecular complexity index is 736. The van der Waals surface area contributed by atoms with Gasteiger partial charge in [0.15, 0.2) is 0 Å². The number of furan rings is 1. The summed E-state index contributed by atoms with van der Waals surface area (Å²) in [6, 6.07) is 7.62. The van der Waals surface area contributed by atoms with Crippen LogP contribution in [-0.2, 0) is 4.74 Å². The van der Waals surface area contributed by atoms with Crippen LogP contribution in [0.1, 0.15) is 33.4 Å². The predicted octanol–water partition coefficient (Wildman–Crippen LogP) is 2.23. The summed E-state index contributed by atoms with van der Waals surface area (Å²) in [4.78, 5) is 35.1. The summed E-state index contributed by atoms with van der Waals surface area (Å²) in [5.74, 6) is -0.515. The molecule has 126 valence electrons. The molecule has 3 N–H and O–H groups in total. The van der Waals surface area contributed by atoms with Crippen molar-refractivity contribution in [3.8, 4) is 0 Å². The van der Waals surface area contributed by atoms with Crippen molar-refractivity contribution in [1.82, 2.24) is 10.9 Å². The topological polar surface area (TPSA) is 110 Å². The van der Waals surface area contributed by atoms with E-state index < -0.39 is 17.9 Å². The second-order valence-electron chi connectivity index (χ2n) is 4.72. The first kappa shape index (κ1) is 17.1. The van der Waals surface area contributed by atoms with E-state index in [2.05, 4.69) is 16.2 Å². The van der Waals surface area contributed by atoms with E-state index in [1.807, 2.05) is 0 Å². The van der Waals surface area contributed by atoms with Gasteiger partial charge in [-0.25, -0.2) is 4.79 Å². The van der Waals surface area contributed by atoms with Crippen molar-refractivity contribution in [1.29, 1.82) is 0 Å². The highest BCUT2D eigenvalue weighted by Gasteiger charge is 2.13. The first-order chi connectivity index (χ1) is 11.5. The van der Waals surface area contributed by atoms with Crippen LogP contribution in [0.4, 0.5) is 10.5 Å². The Morgan fingerprint density at radius 2 is 1.71 bits per heavy atom. The third-order valence-electron chi connectivity index (χ3n) is 3.06. The molecule has 0 unspecified atom stereocenters. The number of anilines is 1. The standard InChI is InChI=1S/C16H17N3O5/c1-3-23-16(22)17-12-6-4-11(5-7-12)14(20)18-19-15(21)13-8-9-24-10(13)2/h4-9H,3H2,1-2H3,(H,17,22)(H,18,20)(H,19,21). The number of hydrogen-bond acceptors (Lipinski definition) is 5. The Balaban J connectivity index is 1.89. The summed E-state index contributed by atoms with van der Waals surface area (Å²) >= 11 is 0. The average Bonchev–Trinajstić information content (AvgIpc) is 2.99. The summed E-state index contributed by atoms with van der Waals surface area (Å²) < 4.78 is 9.77. The molecule has 0 aliphatic rings. The molecule has 0 saturated carbocycles. The van der Waals surface area contributed by atoms with E-state index in [-0.39, 0.29) is 6.61 Å². The van der Waals surface area contributed by atoms with E-state index in [4.69, 9.17) is 9.15 Å². The Kier molecular flexibility index (Phi) is 5.56. The minimum atomic E-state index is -0.572. The zero-order chi connectivity index (χ0) is 17.5. The number of carbonyl (C=O) groups is 3. The molecule has 2 rings (SSSR count). The van der Waals surface area contributed by atoms with Crippen LogP contribution >= 0.6 is 0 Å². The smallest absolute Gasteiger partial charge is 0.411 e. The molecule has 2 aromatic rings. The second kappa shape index (κ2) is 7.82. The third kappa shape index (κ3) is 4.35. The molecule has 0 spiro atoms. The molecular formula is C16H17N3O5. The fourth-order valence-electron chi connectivity index (χ4n) is 1.86. The van der Waals surface area contributed by atoms with Crippen LogP contribution in [0.15, 0.2) is 41.0 Å². The highest BCUT2D eigenvalue weighted by Crippen LogP contribution is 2.10. The SMILES string of the molecule is CCOC(=O)Nc1ccc(C(=O)NNC(=O)c2ccoc2C)cc1. The molecule has 1 aromatic carbocycles. The zero-order valence-corrected chi connectivity index (χ0v) is 13.2. The van der Waals surface area contributed by atoms with Crippen LogP contribution in [0.3, 0.4) is 0 Å². The first-order valence-corrected chi connectivity index (χ1v) is 7.20. The normalized spacial score (nSPS) is 9.92. The van der Waals surface area contributed by atoms with Crippen LogP contribution in [0.5, 0.6) is 0 Å². The molecule has 1 aromatic heterocycles. The first-order valence-electron chi connectivity index (χ1n) is 7.20. The maximum Gasteiger partial charge on any atom is 0.411 e. The van der Waals surface area contributed by atoms with E-state index in [9.17, 15) is 14.4 Å². The Hall–Kier alpha value is -3.29. The van der Waals surface area contributed by atoms with Gasteiger partial charge in [-0.05, 0) is 44.2 Å². The molecule has 8 heteroatoms. The van der Waals surface area contributed by atoms with Gasteiger partial charge in [-0.15, -0.1) is 0 Å². The van der Waals surface area contributed by atoms with Crippen molar-refractivity contribution in [2.45, 2.75) is 13.8 Å². The Labute approximate surface area is 138 Å². The predicted molar refractivity (Wildman–Crippen MR) is 85.5 cm³/mol. The average molecular weight is 331 g/mol. The van der Waals surface area contributed by atoms with Gasteiger partial charge in [0.2, 0.25) is 0 Å². The van der Waals surface area contributed by atoms with E-state index in [0.29, 0.717) is 22.6 Å². The molecule has 0 fully saturated rings. The van der Waals surface area contributed by atoms with E-state index in [1.165, 1.54) is 24.5 Å². The highest BCUT2D eigenvalue weighted by molar-refractivity contribution is 5.99. The summed E-state index contributed by atoms with van der Waals surface area (Å²) in [6.07, 6.45) is 0.818. The number of hydrogen-bond donors (Lipinski definition) is 3. The summed E-state index contributed by atoms with van der Waals surface area (Å²) in [5.41, 5.74) is 5.74. The van der Waals surface area contributed by atoms with Gasteiger partial charge in [0.05, 0.1) is 18.4 Å². The van der Waals surface area contributed by atoms with Gasteiger partial charge in [-0.3, -0.25) is 25.8 Å². The lowest BCUT2D eigenvalue weighted by Gasteiger charge is -2.08. The van der Waals surface area contributed by atoms with Crippen LogP contribution in [0, 0.1) is 6.92 Å². The van der Waals surface area contributed by atoms with Gasteiger partial charge in [-0.1, -0.05) is 0 Å². The summed E-state index contributed by atoms with van der Waals surface area (Å²) in [5, 5.41) is 2.51. The Morgan fingerprint density at radius 3 is 2.29 bits per heavy atom. The van der Waals surface area contributed by atoms with Crippen LogP contribution in [-0.4, -0.2) is 24.5 Å². The highest BCUT2D eigenvalue weighted by atomic mass is 16.5. The second-order valence-corrected chi connectivity index (χ2v) is 4.72. The van der Waals surface area contributed by atoms with Crippen molar-refractivity contribution in [2.75, 3.05) is 11.9 Å². The molecule has 0 aliphatic carbocycles. The quantitative estimate of drug-likeness (QED) is 0.744. The van der Waals surface area contributed by atoms with Gasteiger partial charge in [0.1, 0.15) is 5.76 Å². The number of ether oxygens (including phenoxy) is 1. The summed E-state index contributed by atoms with van der Waals surface area (Å²) in [6.45, 7) is 3.61. The summed E-state index contributed by atoms with van der Waals surface area (Å²) in [7, 11) is 0. The fourth-order valence-corrected chi connectivity index (χ4v) is 1.86. The minimum Gasteiger partial charge on any atom is -0.469 e. The molecule has 0 aliphatic heterocycles. The van der Waals surface area contributed by atoms with Crippen molar-refractivity contribution >= 4 is 23.6 Å². The molecule has 0 saturated heterocycles. The number of aryl methyl sites for hydroxylation is 1. The lowest BCUT2D eigenvalue weighted by molar-refractivity contribution is 0.0845. The molecule has 1 heterocycles. The van der Waals surface area contributed by atoms with E-state index >= 15 is 0 Å². The maximum absolute atomic E-state index is 12.0. The molecule has 8 nitrogen and oxygen atoms in total. The minimum absolute atomic E-state index is 0.266. The van der Waals surface area contributed by atoms with Crippen molar-refractivity contribution in [3.63, 3.8) is 0 Å². The van der Waals surface area contributed by atoms with Crippen LogP contribution < -0.4 is 16.2 Å². The number of carbonyl (C=O) groups excluding carboxylic acids is 3. The van der Waals surface area contributed by atoms with Crippen molar-refractivity contribution in [3.05, 3.63) is 53.5 Å². The molecule has 3 amide bonds. The number of hydrazine groups is 1. The van der Waals surface area contributed by atoms with Crippen LogP contribution in [0.25, 0.3) is 0 Å². The number of amides is 3. The van der Waals surface area contributed by atoms with Crippen molar-refractivity contribution in [2.24, 2.45) is 0 Å². The number of rotatable bonds is 4. The molecule has 0 bridgehead atoms. The fraction of sp³-hybridized carbons (Fsp3) is 0.188. The van der Waals surface area contributed by atoms with Crippen molar-refractivity contribution < 1.29 is 23.5 Å². The van der Waals surface area contributed by atoms with Gasteiger partial charge in [0, 0.05) is 11.3 Å². The maximum atomic E-state index is 12.0. The molecular weight excluding hydrogens is 314 g/mol. The van der Waals surface area contributed by atoms with E-state index in [1.54, 1.807) is 26.0 Å². The van der Waals surface area contributed by atoms with Gasteiger partial charge >= 0.3 is 6.09 Å².